The molecule has 3 heterocycles. The molecule has 0 fully saturated rings. The molecule has 1 unspecified atom stereocenters. The fourth-order valence-electron chi connectivity index (χ4n) is 4.69. The molecule has 5 rings (SSSR count). The number of amides is 1. The van der Waals surface area contributed by atoms with E-state index in [0.29, 0.717) is 18.8 Å². The van der Waals surface area contributed by atoms with Crippen LogP contribution in [0.2, 0.25) is 0 Å². The quantitative estimate of drug-likeness (QED) is 0.311. The van der Waals surface area contributed by atoms with Crippen LogP contribution < -0.4 is 10.1 Å². The smallest absolute Gasteiger partial charge is 0.296 e. The second kappa shape index (κ2) is 10.7. The SMILES string of the molecule is Cc1ccc(OCCCC(C)(C)O)cc1-c1cnnc(NC(=O)c2nc3n(n2)C(c2ccccc2)CC3)c1. The predicted molar refractivity (Wildman–Crippen MR) is 144 cm³/mol. The second-order valence-electron chi connectivity index (χ2n) is 10.3. The van der Waals surface area contributed by atoms with Crippen molar-refractivity contribution < 1.29 is 14.6 Å². The summed E-state index contributed by atoms with van der Waals surface area (Å²) in [5.74, 6) is 1.54. The molecule has 4 aromatic rings. The molecule has 1 aliphatic rings. The lowest BCUT2D eigenvalue weighted by Crippen LogP contribution is -2.19. The van der Waals surface area contributed by atoms with Gasteiger partial charge in [-0.05, 0) is 74.9 Å². The third kappa shape index (κ3) is 5.89. The minimum absolute atomic E-state index is 0.0796. The summed E-state index contributed by atoms with van der Waals surface area (Å²) in [6, 6.07) is 17.9. The topological polar surface area (TPSA) is 115 Å². The van der Waals surface area contributed by atoms with Gasteiger partial charge in [-0.3, -0.25) is 4.79 Å². The van der Waals surface area contributed by atoms with Crippen molar-refractivity contribution in [1.29, 1.82) is 0 Å². The number of hydrogen-bond donors (Lipinski definition) is 2. The number of anilines is 1. The molecule has 1 atom stereocenters. The molecule has 0 spiro atoms. The minimum Gasteiger partial charge on any atom is -0.494 e. The number of rotatable bonds is 9. The Morgan fingerprint density at radius 3 is 2.79 bits per heavy atom. The predicted octanol–water partition coefficient (Wildman–Crippen LogP) is 4.76. The van der Waals surface area contributed by atoms with E-state index in [0.717, 1.165) is 53.1 Å². The van der Waals surface area contributed by atoms with Crippen molar-refractivity contribution in [1.82, 2.24) is 25.0 Å². The van der Waals surface area contributed by atoms with Crippen LogP contribution in [0.5, 0.6) is 5.75 Å². The van der Waals surface area contributed by atoms with Gasteiger partial charge < -0.3 is 15.2 Å². The van der Waals surface area contributed by atoms with Gasteiger partial charge in [-0.15, -0.1) is 10.2 Å². The van der Waals surface area contributed by atoms with Crippen LogP contribution in [0.3, 0.4) is 0 Å². The summed E-state index contributed by atoms with van der Waals surface area (Å²) in [5, 5.41) is 25.4. The van der Waals surface area contributed by atoms with Crippen molar-refractivity contribution in [2.24, 2.45) is 0 Å². The monoisotopic (exact) mass is 512 g/mol. The van der Waals surface area contributed by atoms with Crippen molar-refractivity contribution in [2.75, 3.05) is 11.9 Å². The number of aromatic nitrogens is 5. The second-order valence-corrected chi connectivity index (χ2v) is 10.3. The van der Waals surface area contributed by atoms with Crippen LogP contribution in [-0.2, 0) is 6.42 Å². The zero-order valence-corrected chi connectivity index (χ0v) is 21.9. The Morgan fingerprint density at radius 1 is 1.18 bits per heavy atom. The van der Waals surface area contributed by atoms with Gasteiger partial charge in [-0.2, -0.15) is 5.10 Å². The molecule has 1 amide bonds. The molecular weight excluding hydrogens is 480 g/mol. The van der Waals surface area contributed by atoms with Crippen molar-refractivity contribution in [3.63, 3.8) is 0 Å². The molecule has 0 saturated heterocycles. The molecule has 1 aliphatic heterocycles. The normalized spacial score (nSPS) is 14.8. The van der Waals surface area contributed by atoms with Crippen LogP contribution in [0.25, 0.3) is 11.1 Å². The minimum atomic E-state index is -0.707. The van der Waals surface area contributed by atoms with E-state index in [2.05, 4.69) is 37.7 Å². The van der Waals surface area contributed by atoms with Gasteiger partial charge in [0.2, 0.25) is 5.82 Å². The largest absolute Gasteiger partial charge is 0.494 e. The Balaban J connectivity index is 1.28. The maximum Gasteiger partial charge on any atom is 0.296 e. The maximum absolute atomic E-state index is 13.0. The molecule has 0 aliphatic carbocycles. The number of nitrogens with one attached hydrogen (secondary N) is 1. The summed E-state index contributed by atoms with van der Waals surface area (Å²) in [4.78, 5) is 17.5. The van der Waals surface area contributed by atoms with Crippen molar-refractivity contribution in [2.45, 2.75) is 58.1 Å². The Labute approximate surface area is 221 Å². The highest BCUT2D eigenvalue weighted by molar-refractivity contribution is 6.01. The average Bonchev–Trinajstić information content (AvgIpc) is 3.49. The number of aryl methyl sites for hydroxylation is 2. The Morgan fingerprint density at radius 2 is 2.00 bits per heavy atom. The highest BCUT2D eigenvalue weighted by atomic mass is 16.5. The lowest BCUT2D eigenvalue weighted by molar-refractivity contribution is 0.0641. The molecule has 0 radical (unpaired) electrons. The van der Waals surface area contributed by atoms with Crippen LogP contribution in [0.1, 0.15) is 66.7 Å². The van der Waals surface area contributed by atoms with Gasteiger partial charge in [-0.1, -0.05) is 36.4 Å². The average molecular weight is 513 g/mol. The van der Waals surface area contributed by atoms with Crippen LogP contribution in [0.15, 0.2) is 60.8 Å². The Bertz CT molecular complexity index is 1430. The van der Waals surface area contributed by atoms with Gasteiger partial charge in [0.15, 0.2) is 5.82 Å². The van der Waals surface area contributed by atoms with Gasteiger partial charge in [0.05, 0.1) is 24.4 Å². The molecule has 196 valence electrons. The summed E-state index contributed by atoms with van der Waals surface area (Å²) < 4.78 is 7.76. The first kappa shape index (κ1) is 25.5. The van der Waals surface area contributed by atoms with Crippen LogP contribution in [0.4, 0.5) is 5.82 Å². The first-order valence-electron chi connectivity index (χ1n) is 12.9. The van der Waals surface area contributed by atoms with Gasteiger partial charge >= 0.3 is 0 Å². The van der Waals surface area contributed by atoms with Crippen molar-refractivity contribution in [3.05, 3.63) is 83.6 Å². The standard InChI is InChI=1S/C29H32N6O3/c1-19-10-11-22(38-15-7-14-29(2,3)37)17-23(19)21-16-25(33-30-18-21)31-28(36)27-32-26-13-12-24(35(26)34-27)20-8-5-4-6-9-20/h4-6,8-11,16-18,24,37H,7,12-15H2,1-3H3,(H,31,33,36). The summed E-state index contributed by atoms with van der Waals surface area (Å²) in [6.45, 7) is 6.10. The molecule has 9 heteroatoms. The number of carbonyl (C=O) groups is 1. The number of nitrogens with zero attached hydrogens (tertiary/aromatic N) is 5. The summed E-state index contributed by atoms with van der Waals surface area (Å²) in [7, 11) is 0. The molecule has 2 aromatic heterocycles. The molecule has 2 N–H and O–H groups in total. The molecule has 0 bridgehead atoms. The first-order valence-corrected chi connectivity index (χ1v) is 12.9. The molecular formula is C29H32N6O3. The number of ether oxygens (including phenoxy) is 1. The van der Waals surface area contributed by atoms with E-state index < -0.39 is 11.5 Å². The summed E-state index contributed by atoms with van der Waals surface area (Å²) in [6.07, 6.45) is 4.74. The Hall–Kier alpha value is -4.11. The lowest BCUT2D eigenvalue weighted by Gasteiger charge is -2.17. The number of aliphatic hydroxyl groups is 1. The van der Waals surface area contributed by atoms with Gasteiger partial charge in [-0.25, -0.2) is 9.67 Å². The number of benzene rings is 2. The van der Waals surface area contributed by atoms with Crippen molar-refractivity contribution >= 4 is 11.7 Å². The third-order valence-electron chi connectivity index (χ3n) is 6.64. The maximum atomic E-state index is 13.0. The number of carbonyl (C=O) groups excluding carboxylic acids is 1. The number of hydrogen-bond acceptors (Lipinski definition) is 7. The highest BCUT2D eigenvalue weighted by Crippen LogP contribution is 2.31. The van der Waals surface area contributed by atoms with E-state index >= 15 is 0 Å². The van der Waals surface area contributed by atoms with Crippen LogP contribution in [0, 0.1) is 6.92 Å². The Kier molecular flexibility index (Phi) is 7.20. The summed E-state index contributed by atoms with van der Waals surface area (Å²) in [5.41, 5.74) is 3.22. The first-order chi connectivity index (χ1) is 18.3. The van der Waals surface area contributed by atoms with E-state index in [4.69, 9.17) is 4.74 Å². The molecule has 0 saturated carbocycles. The third-order valence-corrected chi connectivity index (χ3v) is 6.64. The highest BCUT2D eigenvalue weighted by Gasteiger charge is 2.28. The zero-order chi connectivity index (χ0) is 26.7. The van der Waals surface area contributed by atoms with Gasteiger partial charge in [0.1, 0.15) is 11.6 Å². The van der Waals surface area contributed by atoms with E-state index in [-0.39, 0.29) is 11.9 Å². The van der Waals surface area contributed by atoms with Crippen LogP contribution >= 0.6 is 0 Å². The molecule has 38 heavy (non-hydrogen) atoms. The summed E-state index contributed by atoms with van der Waals surface area (Å²) >= 11 is 0. The fraction of sp³-hybridized carbons (Fsp3) is 0.345. The molecule has 2 aromatic carbocycles. The van der Waals surface area contributed by atoms with Gasteiger partial charge in [0, 0.05) is 12.0 Å². The van der Waals surface area contributed by atoms with E-state index in [1.54, 1.807) is 26.1 Å². The molecule has 9 nitrogen and oxygen atoms in total. The van der Waals surface area contributed by atoms with E-state index in [1.165, 1.54) is 0 Å². The lowest BCUT2D eigenvalue weighted by atomic mass is 10.0. The van der Waals surface area contributed by atoms with Crippen molar-refractivity contribution in [3.8, 4) is 16.9 Å². The number of fused-ring (bicyclic) bond motifs is 1. The van der Waals surface area contributed by atoms with E-state index in [1.807, 2.05) is 48.0 Å². The zero-order valence-electron chi connectivity index (χ0n) is 21.9. The van der Waals surface area contributed by atoms with Crippen LogP contribution in [-0.4, -0.2) is 48.2 Å². The van der Waals surface area contributed by atoms with Gasteiger partial charge in [0.25, 0.3) is 5.91 Å². The van der Waals surface area contributed by atoms with E-state index in [9.17, 15) is 9.90 Å². The fourth-order valence-corrected chi connectivity index (χ4v) is 4.69.